The van der Waals surface area contributed by atoms with Crippen molar-refractivity contribution in [3.63, 3.8) is 0 Å². The maximum Gasteiger partial charge on any atom is 0.317 e. The lowest BCUT2D eigenvalue weighted by Gasteiger charge is -2.16. The van der Waals surface area contributed by atoms with Gasteiger partial charge in [0.1, 0.15) is 11.9 Å². The Balaban J connectivity index is 3.03. The van der Waals surface area contributed by atoms with Crippen LogP contribution < -0.4 is 11.3 Å². The van der Waals surface area contributed by atoms with Gasteiger partial charge in [0.15, 0.2) is 0 Å². The summed E-state index contributed by atoms with van der Waals surface area (Å²) >= 11 is 0. The fourth-order valence-corrected chi connectivity index (χ4v) is 1.18. The van der Waals surface area contributed by atoms with Crippen LogP contribution >= 0.6 is 0 Å². The minimum absolute atomic E-state index is 0.154. The van der Waals surface area contributed by atoms with E-state index in [1.54, 1.807) is 24.2 Å². The molecule has 5 heteroatoms. The van der Waals surface area contributed by atoms with Gasteiger partial charge in [-0.1, -0.05) is 12.2 Å². The molecule has 1 rings (SSSR count). The zero-order chi connectivity index (χ0) is 10.6. The highest BCUT2D eigenvalue weighted by atomic mass is 16.5. The number of nitrogens with two attached hydrogens (primary N) is 1. The van der Waals surface area contributed by atoms with Gasteiger partial charge in [-0.3, -0.25) is 10.6 Å². The Morgan fingerprint density at radius 2 is 2.43 bits per heavy atom. The molecular weight excluding hydrogens is 184 g/mol. The molecule has 3 N–H and O–H groups in total. The Labute approximate surface area is 80.9 Å². The SMILES string of the molecule is COC(=O)C1C=CC=C(NN)C1=C=O. The van der Waals surface area contributed by atoms with Crippen molar-refractivity contribution >= 4 is 11.9 Å². The smallest absolute Gasteiger partial charge is 0.317 e. The van der Waals surface area contributed by atoms with E-state index in [2.05, 4.69) is 10.2 Å². The van der Waals surface area contributed by atoms with Crippen LogP contribution in [0.15, 0.2) is 29.5 Å². The molecule has 5 nitrogen and oxygen atoms in total. The molecule has 1 aliphatic carbocycles. The topological polar surface area (TPSA) is 81.4 Å². The Kier molecular flexibility index (Phi) is 3.23. The van der Waals surface area contributed by atoms with Crippen molar-refractivity contribution in [1.29, 1.82) is 0 Å². The van der Waals surface area contributed by atoms with E-state index in [9.17, 15) is 9.59 Å². The van der Waals surface area contributed by atoms with E-state index in [1.165, 1.54) is 7.11 Å². The number of allylic oxidation sites excluding steroid dienone is 3. The van der Waals surface area contributed by atoms with Crippen LogP contribution in [-0.2, 0) is 14.3 Å². The van der Waals surface area contributed by atoms with Gasteiger partial charge in [0.2, 0.25) is 0 Å². The van der Waals surface area contributed by atoms with Crippen LogP contribution in [-0.4, -0.2) is 19.0 Å². The van der Waals surface area contributed by atoms with Crippen molar-refractivity contribution < 1.29 is 14.3 Å². The van der Waals surface area contributed by atoms with Crippen LogP contribution in [0.1, 0.15) is 0 Å². The normalized spacial score (nSPS) is 19.7. The van der Waals surface area contributed by atoms with Gasteiger partial charge in [-0.2, -0.15) is 0 Å². The lowest BCUT2D eigenvalue weighted by atomic mass is 9.93. The van der Waals surface area contributed by atoms with Crippen LogP contribution in [0.3, 0.4) is 0 Å². The molecule has 0 spiro atoms. The number of rotatable bonds is 2. The summed E-state index contributed by atoms with van der Waals surface area (Å²) in [7, 11) is 1.26. The standard InChI is InChI=1S/C9H10N2O3/c1-14-9(13)6-3-2-4-8(11-10)7(6)5-12/h2-4,6,11H,10H2,1H3. The molecule has 0 radical (unpaired) electrons. The van der Waals surface area contributed by atoms with Gasteiger partial charge in [-0.15, -0.1) is 0 Å². The Hall–Kier alpha value is -1.84. The van der Waals surface area contributed by atoms with E-state index in [1.807, 2.05) is 0 Å². The quantitative estimate of drug-likeness (QED) is 0.267. The average Bonchev–Trinajstić information content (AvgIpc) is 2.26. The molecule has 0 fully saturated rings. The molecule has 0 saturated heterocycles. The molecule has 0 aromatic rings. The van der Waals surface area contributed by atoms with Crippen molar-refractivity contribution in [2.24, 2.45) is 11.8 Å². The number of carbonyl (C=O) groups excluding carboxylic acids is 2. The van der Waals surface area contributed by atoms with Crippen LogP contribution in [0, 0.1) is 5.92 Å². The summed E-state index contributed by atoms with van der Waals surface area (Å²) in [4.78, 5) is 21.8. The van der Waals surface area contributed by atoms with Crippen molar-refractivity contribution in [3.8, 4) is 0 Å². The van der Waals surface area contributed by atoms with E-state index in [-0.39, 0.29) is 5.57 Å². The largest absolute Gasteiger partial charge is 0.468 e. The minimum Gasteiger partial charge on any atom is -0.468 e. The molecule has 0 aliphatic heterocycles. The first kappa shape index (κ1) is 10.2. The maximum absolute atomic E-state index is 11.2. The molecule has 74 valence electrons. The van der Waals surface area contributed by atoms with Crippen LogP contribution in [0.2, 0.25) is 0 Å². The van der Waals surface area contributed by atoms with Crippen LogP contribution in [0.5, 0.6) is 0 Å². The van der Waals surface area contributed by atoms with Gasteiger partial charge in [-0.25, -0.2) is 4.79 Å². The fourth-order valence-electron chi connectivity index (χ4n) is 1.18. The monoisotopic (exact) mass is 194 g/mol. The third kappa shape index (κ3) is 1.74. The predicted octanol–water partition coefficient (Wildman–Crippen LogP) is -0.549. The second-order valence-corrected chi connectivity index (χ2v) is 2.63. The van der Waals surface area contributed by atoms with E-state index in [0.29, 0.717) is 5.70 Å². The molecule has 0 saturated carbocycles. The van der Waals surface area contributed by atoms with E-state index in [0.717, 1.165) is 0 Å². The molecule has 1 aliphatic rings. The summed E-state index contributed by atoms with van der Waals surface area (Å²) in [6.07, 6.45) is 4.75. The minimum atomic E-state index is -0.728. The lowest BCUT2D eigenvalue weighted by Crippen LogP contribution is -2.29. The summed E-state index contributed by atoms with van der Waals surface area (Å²) in [5, 5.41) is 0. The van der Waals surface area contributed by atoms with Gasteiger partial charge < -0.3 is 10.2 Å². The molecule has 0 aromatic carbocycles. The van der Waals surface area contributed by atoms with Crippen molar-refractivity contribution in [3.05, 3.63) is 29.5 Å². The number of hydrogen-bond donors (Lipinski definition) is 2. The first-order valence-corrected chi connectivity index (χ1v) is 3.93. The van der Waals surface area contributed by atoms with Gasteiger partial charge >= 0.3 is 5.97 Å². The molecule has 14 heavy (non-hydrogen) atoms. The summed E-state index contributed by atoms with van der Waals surface area (Å²) < 4.78 is 4.53. The van der Waals surface area contributed by atoms with Crippen LogP contribution in [0.4, 0.5) is 0 Å². The number of nitrogens with one attached hydrogen (secondary N) is 1. The molecule has 1 atom stereocenters. The summed E-state index contributed by atoms with van der Waals surface area (Å²) in [6.45, 7) is 0. The number of esters is 1. The molecule has 0 bridgehead atoms. The fraction of sp³-hybridized carbons (Fsp3) is 0.222. The first-order valence-electron chi connectivity index (χ1n) is 3.93. The first-order chi connectivity index (χ1) is 6.74. The Morgan fingerprint density at radius 3 is 2.93 bits per heavy atom. The highest BCUT2D eigenvalue weighted by Crippen LogP contribution is 2.21. The van der Waals surface area contributed by atoms with Gasteiger partial charge in [0.25, 0.3) is 0 Å². The van der Waals surface area contributed by atoms with Gasteiger partial charge in [-0.05, 0) is 6.08 Å². The Morgan fingerprint density at radius 1 is 1.71 bits per heavy atom. The lowest BCUT2D eigenvalue weighted by molar-refractivity contribution is -0.142. The number of ether oxygens (including phenoxy) is 1. The predicted molar refractivity (Wildman–Crippen MR) is 49.3 cm³/mol. The van der Waals surface area contributed by atoms with Crippen molar-refractivity contribution in [2.45, 2.75) is 0 Å². The van der Waals surface area contributed by atoms with E-state index < -0.39 is 11.9 Å². The molecule has 1 unspecified atom stereocenters. The highest BCUT2D eigenvalue weighted by Gasteiger charge is 2.26. The van der Waals surface area contributed by atoms with E-state index >= 15 is 0 Å². The number of methoxy groups -OCH3 is 1. The van der Waals surface area contributed by atoms with Gasteiger partial charge in [0.05, 0.1) is 18.4 Å². The number of hydrazine groups is 1. The maximum atomic E-state index is 11.2. The zero-order valence-electron chi connectivity index (χ0n) is 7.61. The summed E-state index contributed by atoms with van der Waals surface area (Å²) in [5.41, 5.74) is 2.84. The molecule has 0 heterocycles. The average molecular weight is 194 g/mol. The van der Waals surface area contributed by atoms with Crippen molar-refractivity contribution in [1.82, 2.24) is 5.43 Å². The molecule has 0 aromatic heterocycles. The Bertz CT molecular complexity index is 351. The van der Waals surface area contributed by atoms with Crippen molar-refractivity contribution in [2.75, 3.05) is 7.11 Å². The van der Waals surface area contributed by atoms with Gasteiger partial charge in [0, 0.05) is 0 Å². The van der Waals surface area contributed by atoms with Crippen LogP contribution in [0.25, 0.3) is 0 Å². The number of carbonyl (C=O) groups is 1. The third-order valence-electron chi connectivity index (χ3n) is 1.89. The second kappa shape index (κ2) is 4.41. The number of hydrogen-bond acceptors (Lipinski definition) is 5. The second-order valence-electron chi connectivity index (χ2n) is 2.63. The summed E-state index contributed by atoms with van der Waals surface area (Å²) in [5.74, 6) is 5.60. The zero-order valence-corrected chi connectivity index (χ0v) is 7.61. The molecule has 0 amide bonds. The molecular formula is C9H10N2O3. The third-order valence-corrected chi connectivity index (χ3v) is 1.89. The van der Waals surface area contributed by atoms with E-state index in [4.69, 9.17) is 5.84 Å². The highest BCUT2D eigenvalue weighted by molar-refractivity contribution is 5.84. The summed E-state index contributed by atoms with van der Waals surface area (Å²) in [6, 6.07) is 0.